The number of amides is 5. The molecule has 5 amide bonds. The van der Waals surface area contributed by atoms with Crippen LogP contribution in [0.1, 0.15) is 47.1 Å². The third-order valence-corrected chi connectivity index (χ3v) is 6.47. The molecule has 5 atom stereocenters. The maximum Gasteiger partial charge on any atom is 0.245 e. The molecule has 1 fully saturated rings. The van der Waals surface area contributed by atoms with Crippen LogP contribution < -0.4 is 26.6 Å². The number of benzene rings is 1. The number of hydrogen-bond acceptors (Lipinski definition) is 6. The molecule has 1 aliphatic rings. The molecule has 0 unspecified atom stereocenters. The molecule has 1 aliphatic heterocycles. The molecule has 1 aromatic rings. The maximum atomic E-state index is 13.4. The van der Waals surface area contributed by atoms with Gasteiger partial charge < -0.3 is 31.7 Å². The molecule has 0 saturated carbocycles. The first-order chi connectivity index (χ1) is 17.8. The number of carbonyl (C=O) groups is 5. The average Bonchev–Trinajstić information content (AvgIpc) is 2.85. The summed E-state index contributed by atoms with van der Waals surface area (Å²) in [6.07, 6.45) is 0.111. The number of rotatable bonds is 6. The van der Waals surface area contributed by atoms with E-state index >= 15 is 0 Å². The van der Waals surface area contributed by atoms with Gasteiger partial charge in [-0.3, -0.25) is 24.0 Å². The predicted octanol–water partition coefficient (Wildman–Crippen LogP) is -0.373. The second kappa shape index (κ2) is 13.9. The normalized spacial score (nSPS) is 26.2. The fourth-order valence-corrected chi connectivity index (χ4v) is 4.13. The minimum Gasteiger partial charge on any atom is -0.394 e. The Bertz CT molecular complexity index is 997. The lowest BCUT2D eigenvalue weighted by atomic mass is 9.97. The van der Waals surface area contributed by atoms with Crippen LogP contribution in [0.2, 0.25) is 0 Å². The highest BCUT2D eigenvalue weighted by Gasteiger charge is 2.36. The van der Waals surface area contributed by atoms with Crippen LogP contribution in [0.4, 0.5) is 0 Å². The molecule has 210 valence electrons. The summed E-state index contributed by atoms with van der Waals surface area (Å²) >= 11 is 0. The lowest BCUT2D eigenvalue weighted by molar-refractivity contribution is -0.135. The zero-order valence-electron chi connectivity index (χ0n) is 22.9. The van der Waals surface area contributed by atoms with Crippen molar-refractivity contribution in [2.24, 2.45) is 17.8 Å². The van der Waals surface area contributed by atoms with Crippen molar-refractivity contribution in [1.29, 1.82) is 0 Å². The summed E-state index contributed by atoms with van der Waals surface area (Å²) in [6, 6.07) is 3.54. The topological polar surface area (TPSA) is 166 Å². The monoisotopic (exact) mass is 531 g/mol. The number of aliphatic hydroxyl groups is 1. The largest absolute Gasteiger partial charge is 0.394 e. The van der Waals surface area contributed by atoms with Crippen molar-refractivity contribution < 1.29 is 29.1 Å². The first-order valence-corrected chi connectivity index (χ1v) is 13.0. The molecule has 0 radical (unpaired) electrons. The molecule has 1 saturated heterocycles. The lowest BCUT2D eigenvalue weighted by Gasteiger charge is -2.29. The quantitative estimate of drug-likeness (QED) is 0.293. The average molecular weight is 532 g/mol. The van der Waals surface area contributed by atoms with Crippen molar-refractivity contribution in [3.05, 3.63) is 35.9 Å². The van der Waals surface area contributed by atoms with Crippen molar-refractivity contribution in [3.63, 3.8) is 0 Å². The van der Waals surface area contributed by atoms with Gasteiger partial charge in [-0.25, -0.2) is 0 Å². The van der Waals surface area contributed by atoms with Crippen LogP contribution in [-0.4, -0.2) is 71.5 Å². The van der Waals surface area contributed by atoms with Gasteiger partial charge in [0.15, 0.2) is 0 Å². The Balaban J connectivity index is 2.53. The summed E-state index contributed by atoms with van der Waals surface area (Å²) in [5.41, 5.74) is 0.760. The molecule has 2 rings (SSSR count). The molecular weight excluding hydrogens is 490 g/mol. The fourth-order valence-electron chi connectivity index (χ4n) is 4.13. The van der Waals surface area contributed by atoms with Gasteiger partial charge in [0, 0.05) is 6.42 Å². The van der Waals surface area contributed by atoms with Gasteiger partial charge in [-0.2, -0.15) is 0 Å². The Labute approximate surface area is 223 Å². The first kappa shape index (κ1) is 30.8. The highest BCUT2D eigenvalue weighted by Crippen LogP contribution is 2.11. The van der Waals surface area contributed by atoms with Crippen molar-refractivity contribution in [2.45, 2.75) is 78.2 Å². The third kappa shape index (κ3) is 8.27. The Hall–Kier alpha value is -3.47. The van der Waals surface area contributed by atoms with Crippen LogP contribution in [-0.2, 0) is 30.4 Å². The maximum absolute atomic E-state index is 13.4. The Morgan fingerprint density at radius 2 is 0.947 bits per heavy atom. The van der Waals surface area contributed by atoms with Gasteiger partial charge in [0.1, 0.15) is 30.2 Å². The minimum absolute atomic E-state index is 0.111. The van der Waals surface area contributed by atoms with Gasteiger partial charge >= 0.3 is 0 Å². The Kier molecular flexibility index (Phi) is 11.2. The molecule has 0 spiro atoms. The fraction of sp³-hybridized carbons (Fsp3) is 0.593. The van der Waals surface area contributed by atoms with Crippen molar-refractivity contribution in [1.82, 2.24) is 26.6 Å². The third-order valence-electron chi connectivity index (χ3n) is 6.47. The Morgan fingerprint density at radius 1 is 0.579 bits per heavy atom. The van der Waals surface area contributed by atoms with E-state index in [-0.39, 0.29) is 24.2 Å². The molecule has 0 aliphatic carbocycles. The summed E-state index contributed by atoms with van der Waals surface area (Å²) in [4.78, 5) is 66.1. The van der Waals surface area contributed by atoms with Gasteiger partial charge in [0.05, 0.1) is 6.61 Å². The van der Waals surface area contributed by atoms with E-state index in [2.05, 4.69) is 26.6 Å². The number of hydrogen-bond donors (Lipinski definition) is 6. The van der Waals surface area contributed by atoms with E-state index in [1.54, 1.807) is 65.8 Å². The lowest BCUT2D eigenvalue weighted by Crippen LogP contribution is -2.60. The van der Waals surface area contributed by atoms with Crippen molar-refractivity contribution in [3.8, 4) is 0 Å². The standard InChI is InChI=1S/C27H41N5O6/c1-14(2)20-25(36)29-19(13-33)24(35)28-18(12-17-10-8-7-9-11-17)23(34)30-21(15(3)4)26(37)32-22(16(5)6)27(38)31-20/h7-11,14-16,18-22,33H,12-13H2,1-6H3,(H,28,35)(H,29,36)(H,30,34)(H,31,38)(H,32,37)/t18-,19+,20-,21-,22-/m0/s1. The molecular formula is C27H41N5O6. The molecule has 0 aromatic heterocycles. The van der Waals surface area contributed by atoms with Crippen LogP contribution in [0.3, 0.4) is 0 Å². The van der Waals surface area contributed by atoms with Gasteiger partial charge in [-0.1, -0.05) is 71.9 Å². The minimum atomic E-state index is -1.36. The smallest absolute Gasteiger partial charge is 0.245 e. The van der Waals surface area contributed by atoms with Crippen LogP contribution in [0.15, 0.2) is 30.3 Å². The van der Waals surface area contributed by atoms with E-state index < -0.39 is 66.4 Å². The first-order valence-electron chi connectivity index (χ1n) is 13.0. The second-order valence-corrected chi connectivity index (χ2v) is 10.7. The zero-order chi connectivity index (χ0) is 28.6. The molecule has 0 bridgehead atoms. The van der Waals surface area contributed by atoms with E-state index in [1.807, 2.05) is 6.07 Å². The summed E-state index contributed by atoms with van der Waals surface area (Å²) in [7, 11) is 0. The highest BCUT2D eigenvalue weighted by atomic mass is 16.3. The van der Waals surface area contributed by atoms with Crippen LogP contribution in [0.5, 0.6) is 0 Å². The molecule has 11 nitrogen and oxygen atoms in total. The number of nitrogens with one attached hydrogen (secondary N) is 5. The molecule has 6 N–H and O–H groups in total. The summed E-state index contributed by atoms with van der Waals surface area (Å²) in [5, 5.41) is 23.1. The van der Waals surface area contributed by atoms with Crippen LogP contribution in [0, 0.1) is 17.8 Å². The zero-order valence-corrected chi connectivity index (χ0v) is 22.9. The van der Waals surface area contributed by atoms with E-state index in [1.165, 1.54) is 0 Å². The molecule has 11 heteroatoms. The SMILES string of the molecule is CC(C)[C@@H]1NC(=O)[C@H](Cc2ccccc2)NC(=O)[C@@H](CO)NC(=O)[C@H](C(C)C)NC(=O)[C@H](C(C)C)NC1=O. The van der Waals surface area contributed by atoms with Gasteiger partial charge in [0.2, 0.25) is 29.5 Å². The predicted molar refractivity (Wildman–Crippen MR) is 141 cm³/mol. The second-order valence-electron chi connectivity index (χ2n) is 10.7. The number of carbonyl (C=O) groups excluding carboxylic acids is 5. The van der Waals surface area contributed by atoms with E-state index in [0.717, 1.165) is 5.56 Å². The summed E-state index contributed by atoms with van der Waals surface area (Å²) in [6.45, 7) is 9.75. The van der Waals surface area contributed by atoms with E-state index in [0.29, 0.717) is 0 Å². The summed E-state index contributed by atoms with van der Waals surface area (Å²) < 4.78 is 0. The van der Waals surface area contributed by atoms with E-state index in [4.69, 9.17) is 0 Å². The van der Waals surface area contributed by atoms with Crippen molar-refractivity contribution >= 4 is 29.5 Å². The van der Waals surface area contributed by atoms with Gasteiger partial charge in [-0.05, 0) is 23.3 Å². The van der Waals surface area contributed by atoms with Gasteiger partial charge in [0.25, 0.3) is 0 Å². The number of aliphatic hydroxyl groups excluding tert-OH is 1. The molecule has 38 heavy (non-hydrogen) atoms. The van der Waals surface area contributed by atoms with Crippen molar-refractivity contribution in [2.75, 3.05) is 6.61 Å². The van der Waals surface area contributed by atoms with Crippen LogP contribution in [0.25, 0.3) is 0 Å². The van der Waals surface area contributed by atoms with Gasteiger partial charge in [-0.15, -0.1) is 0 Å². The molecule has 1 heterocycles. The molecule has 1 aromatic carbocycles. The summed E-state index contributed by atoms with van der Waals surface area (Å²) in [5.74, 6) is -4.21. The highest BCUT2D eigenvalue weighted by molar-refractivity contribution is 5.98. The van der Waals surface area contributed by atoms with Crippen LogP contribution >= 0.6 is 0 Å². The van der Waals surface area contributed by atoms with E-state index in [9.17, 15) is 29.1 Å². The Morgan fingerprint density at radius 3 is 1.37 bits per heavy atom.